The first-order valence-electron chi connectivity index (χ1n) is 4.66. The van der Waals surface area contributed by atoms with E-state index in [4.69, 9.17) is 4.74 Å². The summed E-state index contributed by atoms with van der Waals surface area (Å²) in [6.45, 7) is 0. The molecule has 0 aliphatic carbocycles. The lowest BCUT2D eigenvalue weighted by Crippen LogP contribution is -2.24. The van der Waals surface area contributed by atoms with Gasteiger partial charge in [-0.2, -0.15) is 5.11 Å². The van der Waals surface area contributed by atoms with E-state index >= 15 is 0 Å². The lowest BCUT2D eigenvalue weighted by atomic mass is 10.0. The van der Waals surface area contributed by atoms with Crippen molar-refractivity contribution in [3.05, 3.63) is 41.8 Å². The van der Waals surface area contributed by atoms with Gasteiger partial charge in [-0.3, -0.25) is 4.79 Å². The molecule has 0 saturated heterocycles. The molecular weight excluding hydrogens is 211 g/mol. The summed E-state index contributed by atoms with van der Waals surface area (Å²) in [5.74, 6) is -0.854. The maximum atomic E-state index is 13.0. The summed E-state index contributed by atoms with van der Waals surface area (Å²) < 4.78 is 18.1. The van der Waals surface area contributed by atoms with Gasteiger partial charge in [0.05, 0.1) is 6.20 Å². The molecule has 82 valence electrons. The minimum absolute atomic E-state index is 0.372. The summed E-state index contributed by atoms with van der Waals surface area (Å²) in [5, 5.41) is 6.93. The molecule has 0 fully saturated rings. The lowest BCUT2D eigenvalue weighted by Gasteiger charge is -2.17. The molecule has 5 heteroatoms. The van der Waals surface area contributed by atoms with Gasteiger partial charge < -0.3 is 4.74 Å². The molecule has 1 aliphatic heterocycles. The summed E-state index contributed by atoms with van der Waals surface area (Å²) in [5.41, 5.74) is 1.08. The van der Waals surface area contributed by atoms with E-state index in [1.165, 1.54) is 25.4 Å². The molecule has 1 aromatic rings. The van der Waals surface area contributed by atoms with Crippen molar-refractivity contribution in [2.45, 2.75) is 6.10 Å². The molecule has 0 spiro atoms. The first kappa shape index (κ1) is 10.6. The standard InChI is InChI=1S/C11H9FN2O2/c1-16-10-9(6-13-14-11(10)15)7-3-2-4-8(12)5-7/h2-6,10H,1H3. The number of hydrogen-bond donors (Lipinski definition) is 0. The Morgan fingerprint density at radius 1 is 1.44 bits per heavy atom. The number of halogens is 1. The van der Waals surface area contributed by atoms with E-state index in [-0.39, 0.29) is 5.82 Å². The second-order valence-electron chi connectivity index (χ2n) is 3.26. The quantitative estimate of drug-likeness (QED) is 0.766. The first-order valence-corrected chi connectivity index (χ1v) is 4.66. The van der Waals surface area contributed by atoms with E-state index in [9.17, 15) is 9.18 Å². The van der Waals surface area contributed by atoms with Gasteiger partial charge in [0.25, 0.3) is 5.91 Å². The molecule has 1 unspecified atom stereocenters. The smallest absolute Gasteiger partial charge is 0.297 e. The van der Waals surface area contributed by atoms with E-state index in [1.54, 1.807) is 12.1 Å². The predicted octanol–water partition coefficient (Wildman–Crippen LogP) is 2.17. The molecule has 2 rings (SSSR count). The Kier molecular flexibility index (Phi) is 2.87. The third-order valence-electron chi connectivity index (χ3n) is 2.25. The Labute approximate surface area is 91.4 Å². The molecule has 1 aliphatic rings. The number of rotatable bonds is 2. The zero-order valence-corrected chi connectivity index (χ0v) is 8.55. The molecule has 0 N–H and O–H groups in total. The molecule has 4 nitrogen and oxygen atoms in total. The van der Waals surface area contributed by atoms with E-state index < -0.39 is 12.0 Å². The molecular formula is C11H9FN2O2. The normalized spacial score (nSPS) is 19.8. The van der Waals surface area contributed by atoms with Crippen molar-refractivity contribution in [1.82, 2.24) is 0 Å². The highest BCUT2D eigenvalue weighted by molar-refractivity contribution is 5.96. The fourth-order valence-electron chi connectivity index (χ4n) is 1.52. The van der Waals surface area contributed by atoms with Crippen molar-refractivity contribution >= 4 is 11.5 Å². The zero-order chi connectivity index (χ0) is 11.5. The Balaban J connectivity index is 2.43. The lowest BCUT2D eigenvalue weighted by molar-refractivity contribution is -0.125. The summed E-state index contributed by atoms with van der Waals surface area (Å²) in [6.07, 6.45) is 0.601. The number of carbonyl (C=O) groups is 1. The molecule has 16 heavy (non-hydrogen) atoms. The average Bonchev–Trinajstić information content (AvgIpc) is 2.28. The van der Waals surface area contributed by atoms with E-state index in [2.05, 4.69) is 10.2 Å². The van der Waals surface area contributed by atoms with Gasteiger partial charge in [-0.15, -0.1) is 5.11 Å². The number of azo groups is 1. The van der Waals surface area contributed by atoms with Gasteiger partial charge in [0.1, 0.15) is 5.82 Å². The van der Waals surface area contributed by atoms with E-state index in [0.29, 0.717) is 11.1 Å². The molecule has 0 aromatic heterocycles. The van der Waals surface area contributed by atoms with Gasteiger partial charge in [-0.05, 0) is 17.7 Å². The van der Waals surface area contributed by atoms with Crippen molar-refractivity contribution in [3.8, 4) is 0 Å². The van der Waals surface area contributed by atoms with Gasteiger partial charge >= 0.3 is 0 Å². The fraction of sp³-hybridized carbons (Fsp3) is 0.182. The molecule has 1 amide bonds. The highest BCUT2D eigenvalue weighted by Gasteiger charge is 2.26. The Bertz CT molecular complexity index is 483. The summed E-state index contributed by atoms with van der Waals surface area (Å²) in [6, 6.07) is 5.91. The SMILES string of the molecule is COC1C(=O)N=NC=C1c1cccc(F)c1. The highest BCUT2D eigenvalue weighted by Crippen LogP contribution is 2.25. The Morgan fingerprint density at radius 3 is 2.94 bits per heavy atom. The molecule has 0 radical (unpaired) electrons. The van der Waals surface area contributed by atoms with Crippen molar-refractivity contribution in [1.29, 1.82) is 0 Å². The van der Waals surface area contributed by atoms with Crippen molar-refractivity contribution in [2.75, 3.05) is 7.11 Å². The predicted molar refractivity (Wildman–Crippen MR) is 55.0 cm³/mol. The number of amides is 1. The van der Waals surface area contributed by atoms with Gasteiger partial charge in [-0.25, -0.2) is 4.39 Å². The third-order valence-corrected chi connectivity index (χ3v) is 2.25. The third kappa shape index (κ3) is 1.90. The van der Waals surface area contributed by atoms with Crippen LogP contribution in [-0.2, 0) is 9.53 Å². The largest absolute Gasteiger partial charge is 0.367 e. The summed E-state index contributed by atoms with van der Waals surface area (Å²) in [4.78, 5) is 11.4. The van der Waals surface area contributed by atoms with Crippen LogP contribution in [-0.4, -0.2) is 19.1 Å². The number of methoxy groups -OCH3 is 1. The molecule has 0 bridgehead atoms. The first-order chi connectivity index (χ1) is 7.72. The summed E-state index contributed by atoms with van der Waals surface area (Å²) >= 11 is 0. The van der Waals surface area contributed by atoms with Gasteiger partial charge in [-0.1, -0.05) is 12.1 Å². The molecule has 1 atom stereocenters. The number of hydrogen-bond acceptors (Lipinski definition) is 3. The average molecular weight is 220 g/mol. The van der Waals surface area contributed by atoms with Gasteiger partial charge in [0.2, 0.25) is 0 Å². The molecule has 1 heterocycles. The van der Waals surface area contributed by atoms with Crippen LogP contribution in [0.4, 0.5) is 4.39 Å². The van der Waals surface area contributed by atoms with Crippen LogP contribution in [0.5, 0.6) is 0 Å². The second-order valence-corrected chi connectivity index (χ2v) is 3.26. The Hall–Kier alpha value is -1.88. The summed E-state index contributed by atoms with van der Waals surface area (Å²) in [7, 11) is 1.40. The van der Waals surface area contributed by atoms with Crippen LogP contribution in [0.25, 0.3) is 5.57 Å². The molecule has 1 aromatic carbocycles. The van der Waals surface area contributed by atoms with Crippen LogP contribution in [0, 0.1) is 5.82 Å². The van der Waals surface area contributed by atoms with E-state index in [0.717, 1.165) is 0 Å². The van der Waals surface area contributed by atoms with Crippen LogP contribution >= 0.6 is 0 Å². The molecule has 0 saturated carbocycles. The van der Waals surface area contributed by atoms with E-state index in [1.807, 2.05) is 0 Å². The number of nitrogens with zero attached hydrogens (tertiary/aromatic N) is 2. The number of benzene rings is 1. The zero-order valence-electron chi connectivity index (χ0n) is 8.55. The number of ether oxygens (including phenoxy) is 1. The number of carbonyl (C=O) groups excluding carboxylic acids is 1. The van der Waals surface area contributed by atoms with Crippen molar-refractivity contribution in [3.63, 3.8) is 0 Å². The van der Waals surface area contributed by atoms with Crippen molar-refractivity contribution in [2.24, 2.45) is 10.2 Å². The van der Waals surface area contributed by atoms with Crippen LogP contribution in [0.15, 0.2) is 40.7 Å². The van der Waals surface area contributed by atoms with Crippen molar-refractivity contribution < 1.29 is 13.9 Å². The second kappa shape index (κ2) is 4.32. The van der Waals surface area contributed by atoms with Gasteiger partial charge in [0, 0.05) is 12.7 Å². The minimum Gasteiger partial charge on any atom is -0.367 e. The maximum Gasteiger partial charge on any atom is 0.297 e. The monoisotopic (exact) mass is 220 g/mol. The minimum atomic E-state index is -0.806. The van der Waals surface area contributed by atoms with Crippen LogP contribution in [0.2, 0.25) is 0 Å². The topological polar surface area (TPSA) is 51.0 Å². The highest BCUT2D eigenvalue weighted by atomic mass is 19.1. The fourth-order valence-corrected chi connectivity index (χ4v) is 1.52. The van der Waals surface area contributed by atoms with Crippen LogP contribution in [0.3, 0.4) is 0 Å². The van der Waals surface area contributed by atoms with Crippen LogP contribution in [0.1, 0.15) is 5.56 Å². The maximum absolute atomic E-state index is 13.0. The van der Waals surface area contributed by atoms with Gasteiger partial charge in [0.15, 0.2) is 6.10 Å². The van der Waals surface area contributed by atoms with Crippen LogP contribution < -0.4 is 0 Å². The Morgan fingerprint density at radius 2 is 2.25 bits per heavy atom.